The highest BCUT2D eigenvalue weighted by Gasteiger charge is 2.18. The second-order valence-corrected chi connectivity index (χ2v) is 4.73. The molecule has 2 unspecified atom stereocenters. The van der Waals surface area contributed by atoms with Crippen molar-refractivity contribution in [3.63, 3.8) is 0 Å². The number of phenolic OH excluding ortho intramolecular Hbond substituents is 1. The highest BCUT2D eigenvalue weighted by atomic mass is 16.5. The Morgan fingerprint density at radius 3 is 2.50 bits per heavy atom. The Hall–Kier alpha value is -2.04. The van der Waals surface area contributed by atoms with Crippen LogP contribution in [-0.4, -0.2) is 23.4 Å². The van der Waals surface area contributed by atoms with Crippen LogP contribution < -0.4 is 10.5 Å². The molecule has 4 N–H and O–H groups in total. The van der Waals surface area contributed by atoms with Crippen LogP contribution in [0.4, 0.5) is 0 Å². The summed E-state index contributed by atoms with van der Waals surface area (Å²) in [6.45, 7) is 0. The van der Waals surface area contributed by atoms with Crippen LogP contribution in [0.2, 0.25) is 0 Å². The molecule has 0 fully saturated rings. The van der Waals surface area contributed by atoms with Crippen molar-refractivity contribution in [2.45, 2.75) is 18.6 Å². The molecule has 0 bridgehead atoms. The van der Waals surface area contributed by atoms with E-state index in [2.05, 4.69) is 0 Å². The van der Waals surface area contributed by atoms with Crippen molar-refractivity contribution in [2.75, 3.05) is 7.11 Å². The second-order valence-electron chi connectivity index (χ2n) is 4.73. The van der Waals surface area contributed by atoms with Crippen LogP contribution in [0.15, 0.2) is 48.5 Å². The third-order valence-corrected chi connectivity index (χ3v) is 3.27. The molecule has 2 atom stereocenters. The molecule has 4 nitrogen and oxygen atoms in total. The van der Waals surface area contributed by atoms with Gasteiger partial charge in [0.2, 0.25) is 0 Å². The summed E-state index contributed by atoms with van der Waals surface area (Å²) in [6.07, 6.45) is -0.240. The second kappa shape index (κ2) is 6.41. The van der Waals surface area contributed by atoms with Gasteiger partial charge in [-0.25, -0.2) is 0 Å². The van der Waals surface area contributed by atoms with Crippen LogP contribution in [0.25, 0.3) is 0 Å². The van der Waals surface area contributed by atoms with Gasteiger partial charge < -0.3 is 20.7 Å². The number of hydrogen-bond donors (Lipinski definition) is 3. The van der Waals surface area contributed by atoms with Crippen molar-refractivity contribution in [3.05, 3.63) is 59.7 Å². The van der Waals surface area contributed by atoms with Gasteiger partial charge in [0, 0.05) is 6.04 Å². The normalized spacial score (nSPS) is 13.8. The number of methoxy groups -OCH3 is 1. The number of hydrogen-bond acceptors (Lipinski definition) is 4. The molecule has 0 aromatic heterocycles. The van der Waals surface area contributed by atoms with Crippen LogP contribution in [0.5, 0.6) is 11.5 Å². The minimum Gasteiger partial charge on any atom is -0.504 e. The lowest BCUT2D eigenvalue weighted by Gasteiger charge is -2.20. The number of aliphatic hydroxyl groups is 1. The van der Waals surface area contributed by atoms with Gasteiger partial charge in [0.25, 0.3) is 0 Å². The Morgan fingerprint density at radius 2 is 1.85 bits per heavy atom. The zero-order valence-corrected chi connectivity index (χ0v) is 11.4. The van der Waals surface area contributed by atoms with Crippen molar-refractivity contribution in [3.8, 4) is 11.5 Å². The predicted molar refractivity (Wildman–Crippen MR) is 77.7 cm³/mol. The number of rotatable bonds is 5. The zero-order valence-electron chi connectivity index (χ0n) is 11.4. The van der Waals surface area contributed by atoms with Crippen LogP contribution >= 0.6 is 0 Å². The number of benzene rings is 2. The first-order chi connectivity index (χ1) is 9.61. The molecule has 0 aliphatic heterocycles. The average molecular weight is 273 g/mol. The zero-order chi connectivity index (χ0) is 14.5. The molecule has 2 aromatic carbocycles. The molecule has 0 saturated heterocycles. The summed E-state index contributed by atoms with van der Waals surface area (Å²) in [4.78, 5) is 0. The van der Waals surface area contributed by atoms with E-state index in [-0.39, 0.29) is 5.75 Å². The highest BCUT2D eigenvalue weighted by molar-refractivity contribution is 5.42. The van der Waals surface area contributed by atoms with Crippen molar-refractivity contribution in [2.24, 2.45) is 5.73 Å². The Balaban J connectivity index is 2.12. The van der Waals surface area contributed by atoms with E-state index in [9.17, 15) is 10.2 Å². The fraction of sp³-hybridized carbons (Fsp3) is 0.250. The van der Waals surface area contributed by atoms with E-state index >= 15 is 0 Å². The molecule has 0 radical (unpaired) electrons. The van der Waals surface area contributed by atoms with Gasteiger partial charge in [0.1, 0.15) is 0 Å². The largest absolute Gasteiger partial charge is 0.504 e. The Labute approximate surface area is 118 Å². The SMILES string of the molecule is COc1cc(C(O)C(N)Cc2ccccc2)ccc1O. The van der Waals surface area contributed by atoms with Crippen LogP contribution in [0.3, 0.4) is 0 Å². The molecule has 2 rings (SSSR count). The molecular formula is C16H19NO3. The van der Waals surface area contributed by atoms with Gasteiger partial charge in [0.15, 0.2) is 11.5 Å². The minimum absolute atomic E-state index is 0.0417. The topological polar surface area (TPSA) is 75.7 Å². The maximum Gasteiger partial charge on any atom is 0.160 e. The van der Waals surface area contributed by atoms with Crippen molar-refractivity contribution in [1.82, 2.24) is 0 Å². The highest BCUT2D eigenvalue weighted by Crippen LogP contribution is 2.30. The fourth-order valence-corrected chi connectivity index (χ4v) is 2.12. The molecule has 4 heteroatoms. The predicted octanol–water partition coefficient (Wildman–Crippen LogP) is 2.00. The number of aromatic hydroxyl groups is 1. The number of phenols is 1. The van der Waals surface area contributed by atoms with E-state index in [4.69, 9.17) is 10.5 Å². The summed E-state index contributed by atoms with van der Waals surface area (Å²) in [5.74, 6) is 0.369. The van der Waals surface area contributed by atoms with E-state index < -0.39 is 12.1 Å². The summed E-state index contributed by atoms with van der Waals surface area (Å²) in [7, 11) is 1.47. The third kappa shape index (κ3) is 3.29. The van der Waals surface area contributed by atoms with Crippen LogP contribution in [-0.2, 0) is 6.42 Å². The Bertz CT molecular complexity index is 557. The molecular weight excluding hydrogens is 254 g/mol. The van der Waals surface area contributed by atoms with Gasteiger partial charge >= 0.3 is 0 Å². The molecule has 0 aliphatic carbocycles. The summed E-state index contributed by atoms with van der Waals surface area (Å²) in [5.41, 5.74) is 7.76. The quantitative estimate of drug-likeness (QED) is 0.779. The lowest BCUT2D eigenvalue weighted by molar-refractivity contribution is 0.145. The van der Waals surface area contributed by atoms with E-state index in [0.29, 0.717) is 17.7 Å². The van der Waals surface area contributed by atoms with Gasteiger partial charge in [-0.15, -0.1) is 0 Å². The van der Waals surface area contributed by atoms with Gasteiger partial charge in [-0.3, -0.25) is 0 Å². The Morgan fingerprint density at radius 1 is 1.15 bits per heavy atom. The van der Waals surface area contributed by atoms with Crippen molar-refractivity contribution >= 4 is 0 Å². The lowest BCUT2D eigenvalue weighted by atomic mass is 9.96. The van der Waals surface area contributed by atoms with Gasteiger partial charge in [-0.2, -0.15) is 0 Å². The number of nitrogens with two attached hydrogens (primary N) is 1. The van der Waals surface area contributed by atoms with Crippen molar-refractivity contribution < 1.29 is 14.9 Å². The van der Waals surface area contributed by atoms with E-state index in [1.54, 1.807) is 12.1 Å². The van der Waals surface area contributed by atoms with Gasteiger partial charge in [0.05, 0.1) is 13.2 Å². The standard InChI is InChI=1S/C16H19NO3/c1-20-15-10-12(7-8-14(15)18)16(19)13(17)9-11-5-3-2-4-6-11/h2-8,10,13,16,18-19H,9,17H2,1H3. The Kier molecular flexibility index (Phi) is 4.61. The van der Waals surface area contributed by atoms with E-state index in [1.165, 1.54) is 13.2 Å². The summed E-state index contributed by atoms with van der Waals surface area (Å²) >= 11 is 0. The van der Waals surface area contributed by atoms with E-state index in [1.807, 2.05) is 30.3 Å². The maximum atomic E-state index is 10.3. The summed E-state index contributed by atoms with van der Waals surface area (Å²) in [5, 5.41) is 19.9. The summed E-state index contributed by atoms with van der Waals surface area (Å²) in [6, 6.07) is 14.1. The van der Waals surface area contributed by atoms with Crippen LogP contribution in [0, 0.1) is 0 Å². The molecule has 2 aromatic rings. The molecule has 20 heavy (non-hydrogen) atoms. The fourth-order valence-electron chi connectivity index (χ4n) is 2.12. The molecule has 0 spiro atoms. The monoisotopic (exact) mass is 273 g/mol. The lowest BCUT2D eigenvalue weighted by Crippen LogP contribution is -2.30. The first kappa shape index (κ1) is 14.4. The molecule has 0 aliphatic rings. The number of ether oxygens (including phenoxy) is 1. The first-order valence-corrected chi connectivity index (χ1v) is 6.46. The van der Waals surface area contributed by atoms with Crippen LogP contribution in [0.1, 0.15) is 17.2 Å². The molecule has 0 amide bonds. The minimum atomic E-state index is -0.815. The van der Waals surface area contributed by atoms with Gasteiger partial charge in [-0.1, -0.05) is 36.4 Å². The number of aliphatic hydroxyl groups excluding tert-OH is 1. The third-order valence-electron chi connectivity index (χ3n) is 3.27. The van der Waals surface area contributed by atoms with Gasteiger partial charge in [-0.05, 0) is 29.7 Å². The van der Waals surface area contributed by atoms with Crippen molar-refractivity contribution in [1.29, 1.82) is 0 Å². The molecule has 0 heterocycles. The smallest absolute Gasteiger partial charge is 0.160 e. The average Bonchev–Trinajstić information content (AvgIpc) is 2.48. The first-order valence-electron chi connectivity index (χ1n) is 6.46. The van der Waals surface area contributed by atoms with E-state index in [0.717, 1.165) is 5.56 Å². The summed E-state index contributed by atoms with van der Waals surface area (Å²) < 4.78 is 5.03. The maximum absolute atomic E-state index is 10.3. The molecule has 106 valence electrons. The molecule has 0 saturated carbocycles.